The van der Waals surface area contributed by atoms with Gasteiger partial charge in [-0.3, -0.25) is 0 Å². The number of aromatic hydroxyl groups is 1. The van der Waals surface area contributed by atoms with E-state index in [0.29, 0.717) is 11.7 Å². The van der Waals surface area contributed by atoms with Crippen molar-refractivity contribution in [2.24, 2.45) is 0 Å². The first kappa shape index (κ1) is 11.7. The van der Waals surface area contributed by atoms with Crippen molar-refractivity contribution in [1.29, 1.82) is 0 Å². The monoisotopic (exact) mass is 259 g/mol. The van der Waals surface area contributed by atoms with Gasteiger partial charge in [0.05, 0.1) is 11.3 Å². The first-order valence-corrected chi connectivity index (χ1v) is 6.06. The lowest BCUT2D eigenvalue weighted by atomic mass is 10.2. The van der Waals surface area contributed by atoms with Crippen molar-refractivity contribution < 1.29 is 15.0 Å². The second-order valence-corrected chi connectivity index (χ2v) is 4.73. The minimum atomic E-state index is -1.03. The van der Waals surface area contributed by atoms with E-state index in [1.54, 1.807) is 0 Å². The van der Waals surface area contributed by atoms with Gasteiger partial charge in [-0.25, -0.2) is 9.78 Å². The zero-order valence-electron chi connectivity index (χ0n) is 10.4. The average Bonchev–Trinajstić information content (AvgIpc) is 3.19. The fraction of sp³-hybridized carbons (Fsp3) is 0.308. The molecule has 0 bridgehead atoms. The maximum Gasteiger partial charge on any atom is 0.335 e. The fourth-order valence-corrected chi connectivity index (χ4v) is 2.08. The van der Waals surface area contributed by atoms with Crippen molar-refractivity contribution in [3.63, 3.8) is 0 Å². The molecule has 0 unspecified atom stereocenters. The Kier molecular flexibility index (Phi) is 2.51. The molecule has 2 aromatic heterocycles. The van der Waals surface area contributed by atoms with Gasteiger partial charge in [0.1, 0.15) is 0 Å². The van der Waals surface area contributed by atoms with Gasteiger partial charge in [0.25, 0.3) is 0 Å². The summed E-state index contributed by atoms with van der Waals surface area (Å²) in [5, 5.41) is 23.4. The van der Waals surface area contributed by atoms with Crippen LogP contribution in [0, 0.1) is 6.92 Å². The van der Waals surface area contributed by atoms with Gasteiger partial charge in [-0.2, -0.15) is 9.78 Å². The van der Waals surface area contributed by atoms with E-state index in [1.165, 1.54) is 23.0 Å². The van der Waals surface area contributed by atoms with Crippen LogP contribution in [-0.2, 0) is 0 Å². The van der Waals surface area contributed by atoms with E-state index in [4.69, 9.17) is 5.11 Å². The van der Waals surface area contributed by atoms with E-state index in [0.717, 1.165) is 24.1 Å². The Morgan fingerprint density at radius 3 is 2.84 bits per heavy atom. The molecule has 1 aliphatic rings. The highest BCUT2D eigenvalue weighted by atomic mass is 16.4. The summed E-state index contributed by atoms with van der Waals surface area (Å²) in [5.74, 6) is -0.284. The van der Waals surface area contributed by atoms with Crippen LogP contribution in [0.3, 0.4) is 0 Å². The normalized spacial score (nSPS) is 14.6. The Labute approximate surface area is 109 Å². The summed E-state index contributed by atoms with van der Waals surface area (Å²) in [6, 6.07) is 2.80. The molecule has 6 heteroatoms. The van der Waals surface area contributed by atoms with Gasteiger partial charge in [-0.1, -0.05) is 0 Å². The molecule has 0 spiro atoms. The lowest BCUT2D eigenvalue weighted by Crippen LogP contribution is -2.03. The number of aromatic carboxylic acids is 1. The predicted octanol–water partition coefficient (Wildman–Crippen LogP) is 1.86. The Hall–Kier alpha value is -2.37. The Balaban J connectivity index is 2.09. The van der Waals surface area contributed by atoms with E-state index in [2.05, 4.69) is 10.1 Å². The van der Waals surface area contributed by atoms with Gasteiger partial charge in [0.15, 0.2) is 5.82 Å². The minimum Gasteiger partial charge on any atom is -0.493 e. The number of hydrogen-bond acceptors (Lipinski definition) is 4. The zero-order valence-corrected chi connectivity index (χ0v) is 10.4. The molecule has 0 aromatic carbocycles. The summed E-state index contributed by atoms with van der Waals surface area (Å²) in [6.07, 6.45) is 3.56. The molecular formula is C13H13N3O3. The first-order chi connectivity index (χ1) is 9.08. The summed E-state index contributed by atoms with van der Waals surface area (Å²) in [5.41, 5.74) is 1.73. The third kappa shape index (κ3) is 1.95. The van der Waals surface area contributed by atoms with Crippen LogP contribution in [0.4, 0.5) is 0 Å². The molecule has 2 N–H and O–H groups in total. The van der Waals surface area contributed by atoms with E-state index < -0.39 is 5.97 Å². The molecule has 0 aliphatic heterocycles. The van der Waals surface area contributed by atoms with Crippen LogP contribution >= 0.6 is 0 Å². The third-order valence-electron chi connectivity index (χ3n) is 3.30. The molecule has 19 heavy (non-hydrogen) atoms. The number of nitrogens with zero attached hydrogens (tertiary/aromatic N) is 3. The number of carboxylic acid groups (broad SMARTS) is 1. The molecule has 6 nitrogen and oxygen atoms in total. The number of pyridine rings is 1. The minimum absolute atomic E-state index is 0.0249. The van der Waals surface area contributed by atoms with Crippen molar-refractivity contribution in [2.45, 2.75) is 25.7 Å². The Bertz CT molecular complexity index is 659. The molecule has 1 saturated carbocycles. The maximum absolute atomic E-state index is 10.9. The zero-order chi connectivity index (χ0) is 13.6. The number of aromatic nitrogens is 3. The molecule has 0 amide bonds. The van der Waals surface area contributed by atoms with E-state index in [1.807, 2.05) is 6.92 Å². The summed E-state index contributed by atoms with van der Waals surface area (Å²) < 4.78 is 1.30. The van der Waals surface area contributed by atoms with Crippen molar-refractivity contribution in [1.82, 2.24) is 14.8 Å². The smallest absolute Gasteiger partial charge is 0.335 e. The van der Waals surface area contributed by atoms with Gasteiger partial charge < -0.3 is 10.2 Å². The first-order valence-electron chi connectivity index (χ1n) is 6.06. The van der Waals surface area contributed by atoms with Crippen LogP contribution in [-0.4, -0.2) is 30.9 Å². The van der Waals surface area contributed by atoms with Gasteiger partial charge in [0.2, 0.25) is 5.88 Å². The number of hydrogen-bond donors (Lipinski definition) is 2. The number of carbonyl (C=O) groups is 1. The molecule has 98 valence electrons. The SMILES string of the molecule is Cc1c(C2CC2)nn(-c2cc(C(=O)O)ccn2)c1O. The highest BCUT2D eigenvalue weighted by Crippen LogP contribution is 2.43. The third-order valence-corrected chi connectivity index (χ3v) is 3.30. The fourth-order valence-electron chi connectivity index (χ4n) is 2.08. The van der Waals surface area contributed by atoms with Gasteiger partial charge in [-0.05, 0) is 31.9 Å². The van der Waals surface area contributed by atoms with Crippen LogP contribution in [0.15, 0.2) is 18.3 Å². The molecular weight excluding hydrogens is 246 g/mol. The van der Waals surface area contributed by atoms with Crippen LogP contribution in [0.1, 0.15) is 40.4 Å². The lowest BCUT2D eigenvalue weighted by molar-refractivity contribution is 0.0696. The van der Waals surface area contributed by atoms with Crippen molar-refractivity contribution in [3.8, 4) is 11.7 Å². The molecule has 1 aliphatic carbocycles. The van der Waals surface area contributed by atoms with E-state index in [-0.39, 0.29) is 11.4 Å². The van der Waals surface area contributed by atoms with Crippen molar-refractivity contribution in [3.05, 3.63) is 35.2 Å². The highest BCUT2D eigenvalue weighted by Gasteiger charge is 2.30. The average molecular weight is 259 g/mol. The van der Waals surface area contributed by atoms with Gasteiger partial charge in [0, 0.05) is 17.7 Å². The lowest BCUT2D eigenvalue weighted by Gasteiger charge is -2.02. The predicted molar refractivity (Wildman–Crippen MR) is 66.7 cm³/mol. The van der Waals surface area contributed by atoms with Gasteiger partial charge in [-0.15, -0.1) is 0 Å². The van der Waals surface area contributed by atoms with E-state index >= 15 is 0 Å². The van der Waals surface area contributed by atoms with Crippen molar-refractivity contribution >= 4 is 5.97 Å². The molecule has 0 radical (unpaired) electrons. The molecule has 0 saturated heterocycles. The van der Waals surface area contributed by atoms with Crippen molar-refractivity contribution in [2.75, 3.05) is 0 Å². The quantitative estimate of drug-likeness (QED) is 0.878. The molecule has 2 aromatic rings. The largest absolute Gasteiger partial charge is 0.493 e. The standard InChI is InChI=1S/C13H13N3O3/c1-7-11(8-2-3-8)15-16(12(7)17)10-6-9(13(18)19)4-5-14-10/h4-6,8,17H,2-3H2,1H3,(H,18,19). The number of carboxylic acids is 1. The molecule has 0 atom stereocenters. The Morgan fingerprint density at radius 2 is 2.21 bits per heavy atom. The second kappa shape index (κ2) is 4.08. The Morgan fingerprint density at radius 1 is 1.47 bits per heavy atom. The molecule has 1 fully saturated rings. The summed E-state index contributed by atoms with van der Waals surface area (Å²) in [7, 11) is 0. The van der Waals surface area contributed by atoms with Gasteiger partial charge >= 0.3 is 5.97 Å². The maximum atomic E-state index is 10.9. The second-order valence-electron chi connectivity index (χ2n) is 4.73. The van der Waals surface area contributed by atoms with Crippen LogP contribution in [0.25, 0.3) is 5.82 Å². The van der Waals surface area contributed by atoms with E-state index in [9.17, 15) is 9.90 Å². The summed E-state index contributed by atoms with van der Waals surface area (Å²) >= 11 is 0. The number of rotatable bonds is 3. The highest BCUT2D eigenvalue weighted by molar-refractivity contribution is 5.87. The van der Waals surface area contributed by atoms with Crippen LogP contribution < -0.4 is 0 Å². The van der Waals surface area contributed by atoms with Crippen LogP contribution in [0.5, 0.6) is 5.88 Å². The molecule has 2 heterocycles. The summed E-state index contributed by atoms with van der Waals surface area (Å²) in [6.45, 7) is 1.81. The molecule has 3 rings (SSSR count). The summed E-state index contributed by atoms with van der Waals surface area (Å²) in [4.78, 5) is 15.0. The van der Waals surface area contributed by atoms with Crippen LogP contribution in [0.2, 0.25) is 0 Å². The topological polar surface area (TPSA) is 88.2 Å².